The third kappa shape index (κ3) is 4.63. The highest BCUT2D eigenvalue weighted by Gasteiger charge is 2.11. The maximum atomic E-state index is 12.5. The van der Waals surface area contributed by atoms with Crippen molar-refractivity contribution < 1.29 is 4.79 Å². The summed E-state index contributed by atoms with van der Waals surface area (Å²) < 4.78 is 1.83. The second-order valence-electron chi connectivity index (χ2n) is 6.54. The Hall–Kier alpha value is -3.35. The van der Waals surface area contributed by atoms with E-state index < -0.39 is 0 Å². The van der Waals surface area contributed by atoms with E-state index in [9.17, 15) is 4.79 Å². The number of imidazole rings is 1. The van der Waals surface area contributed by atoms with E-state index in [1.807, 2.05) is 60.1 Å². The van der Waals surface area contributed by atoms with Gasteiger partial charge in [0.05, 0.1) is 0 Å². The summed E-state index contributed by atoms with van der Waals surface area (Å²) in [4.78, 5) is 24.7. The molecule has 0 saturated heterocycles. The molecule has 0 aliphatic heterocycles. The molecule has 2 heterocycles. The Kier molecular flexibility index (Phi) is 5.71. The predicted octanol–water partition coefficient (Wildman–Crippen LogP) is 2.67. The fourth-order valence-corrected chi connectivity index (χ4v) is 2.77. The summed E-state index contributed by atoms with van der Waals surface area (Å²) in [6.45, 7) is 0.928. The first kappa shape index (κ1) is 18.4. The Morgan fingerprint density at radius 2 is 2.00 bits per heavy atom. The van der Waals surface area contributed by atoms with Gasteiger partial charge in [0.15, 0.2) is 0 Å². The third-order valence-corrected chi connectivity index (χ3v) is 4.24. The minimum atomic E-state index is -0.134. The number of nitrogens with zero attached hydrogens (tertiary/aromatic N) is 5. The topological polar surface area (TPSA) is 66.3 Å². The lowest BCUT2D eigenvalue weighted by Crippen LogP contribution is -2.36. The van der Waals surface area contributed by atoms with Gasteiger partial charge in [-0.2, -0.15) is 0 Å². The fraction of sp³-hybridized carbons (Fsp3) is 0.250. The maximum absolute atomic E-state index is 12.5. The van der Waals surface area contributed by atoms with Gasteiger partial charge in [-0.25, -0.2) is 14.8 Å². The van der Waals surface area contributed by atoms with Crippen LogP contribution >= 0.6 is 0 Å². The van der Waals surface area contributed by atoms with Crippen LogP contribution in [0.1, 0.15) is 11.1 Å². The summed E-state index contributed by atoms with van der Waals surface area (Å²) in [5.74, 6) is 0.761. The van der Waals surface area contributed by atoms with Crippen molar-refractivity contribution in [1.29, 1.82) is 0 Å². The Labute approximate surface area is 159 Å². The summed E-state index contributed by atoms with van der Waals surface area (Å²) in [6.07, 6.45) is 6.95. The molecule has 2 aromatic heterocycles. The average Bonchev–Trinajstić information content (AvgIpc) is 3.21. The van der Waals surface area contributed by atoms with Crippen molar-refractivity contribution in [3.8, 4) is 5.82 Å². The summed E-state index contributed by atoms with van der Waals surface area (Å²) in [5, 5.41) is 2.96. The molecule has 0 aliphatic carbocycles. The molecule has 0 unspecified atom stereocenters. The molecule has 3 rings (SSSR count). The number of anilines is 1. The number of hydrogen-bond donors (Lipinski definition) is 1. The lowest BCUT2D eigenvalue weighted by Gasteiger charge is -2.20. The van der Waals surface area contributed by atoms with Crippen LogP contribution < -0.4 is 10.2 Å². The molecule has 140 valence electrons. The van der Waals surface area contributed by atoms with Crippen molar-refractivity contribution >= 4 is 11.7 Å². The first-order valence-electron chi connectivity index (χ1n) is 8.72. The summed E-state index contributed by atoms with van der Waals surface area (Å²) in [7, 11) is 5.79. The van der Waals surface area contributed by atoms with Crippen LogP contribution in [-0.2, 0) is 13.1 Å². The highest BCUT2D eigenvalue weighted by atomic mass is 16.2. The highest BCUT2D eigenvalue weighted by molar-refractivity contribution is 5.74. The maximum Gasteiger partial charge on any atom is 0.317 e. The fourth-order valence-electron chi connectivity index (χ4n) is 2.77. The molecule has 0 fully saturated rings. The molecule has 0 saturated carbocycles. The normalized spacial score (nSPS) is 10.5. The van der Waals surface area contributed by atoms with Gasteiger partial charge in [-0.15, -0.1) is 0 Å². The first-order chi connectivity index (χ1) is 13.0. The number of amides is 2. The number of carbonyl (C=O) groups is 1. The molecule has 7 heteroatoms. The predicted molar refractivity (Wildman–Crippen MR) is 106 cm³/mol. The average molecular weight is 364 g/mol. The minimum Gasteiger partial charge on any atom is -0.378 e. The van der Waals surface area contributed by atoms with Gasteiger partial charge in [0.1, 0.15) is 12.1 Å². The third-order valence-electron chi connectivity index (χ3n) is 4.24. The van der Waals surface area contributed by atoms with Gasteiger partial charge < -0.3 is 15.1 Å². The molecule has 0 atom stereocenters. The quantitative estimate of drug-likeness (QED) is 0.730. The SMILES string of the molecule is CN(Cc1cccc(N(C)C)c1)C(=O)NCc1cccnc1-n1ccnc1. The lowest BCUT2D eigenvalue weighted by molar-refractivity contribution is 0.206. The molecule has 0 bridgehead atoms. The number of aromatic nitrogens is 3. The van der Waals surface area contributed by atoms with Gasteiger partial charge >= 0.3 is 6.03 Å². The number of carbonyl (C=O) groups excluding carboxylic acids is 1. The largest absolute Gasteiger partial charge is 0.378 e. The zero-order chi connectivity index (χ0) is 19.2. The Balaban J connectivity index is 1.62. The van der Waals surface area contributed by atoms with E-state index in [1.165, 1.54) is 0 Å². The first-order valence-corrected chi connectivity index (χ1v) is 8.72. The Morgan fingerprint density at radius 3 is 2.74 bits per heavy atom. The van der Waals surface area contributed by atoms with Gasteiger partial charge in [-0.1, -0.05) is 18.2 Å². The van der Waals surface area contributed by atoms with Crippen LogP contribution in [0.4, 0.5) is 10.5 Å². The Bertz CT molecular complexity index is 891. The number of nitrogens with one attached hydrogen (secondary N) is 1. The van der Waals surface area contributed by atoms with Crippen molar-refractivity contribution in [3.63, 3.8) is 0 Å². The van der Waals surface area contributed by atoms with Crippen molar-refractivity contribution in [2.75, 3.05) is 26.0 Å². The van der Waals surface area contributed by atoms with E-state index in [0.29, 0.717) is 13.1 Å². The van der Waals surface area contributed by atoms with E-state index in [1.54, 1.807) is 30.7 Å². The molecule has 0 spiro atoms. The zero-order valence-corrected chi connectivity index (χ0v) is 15.8. The molecule has 1 aromatic carbocycles. The number of hydrogen-bond acceptors (Lipinski definition) is 4. The monoisotopic (exact) mass is 364 g/mol. The lowest BCUT2D eigenvalue weighted by atomic mass is 10.2. The molecule has 0 aliphatic rings. The minimum absolute atomic E-state index is 0.134. The molecule has 1 N–H and O–H groups in total. The van der Waals surface area contributed by atoms with Crippen molar-refractivity contribution in [2.24, 2.45) is 0 Å². The van der Waals surface area contributed by atoms with Crippen LogP contribution in [0.3, 0.4) is 0 Å². The molecular formula is C20H24N6O. The Morgan fingerprint density at radius 1 is 1.15 bits per heavy atom. The molecule has 27 heavy (non-hydrogen) atoms. The second kappa shape index (κ2) is 8.35. The van der Waals surface area contributed by atoms with E-state index in [0.717, 1.165) is 22.6 Å². The molecule has 0 radical (unpaired) electrons. The molecule has 3 aromatic rings. The van der Waals surface area contributed by atoms with E-state index in [4.69, 9.17) is 0 Å². The molecular weight excluding hydrogens is 340 g/mol. The molecule has 2 amide bonds. The van der Waals surface area contributed by atoms with Crippen LogP contribution in [0.2, 0.25) is 0 Å². The van der Waals surface area contributed by atoms with Gasteiger partial charge in [-0.05, 0) is 23.8 Å². The van der Waals surface area contributed by atoms with Crippen LogP contribution in [-0.4, -0.2) is 46.6 Å². The smallest absolute Gasteiger partial charge is 0.317 e. The number of pyridine rings is 1. The summed E-state index contributed by atoms with van der Waals surface area (Å²) in [5.41, 5.74) is 3.12. The summed E-state index contributed by atoms with van der Waals surface area (Å²) in [6, 6.07) is 11.8. The van der Waals surface area contributed by atoms with Crippen LogP contribution in [0.5, 0.6) is 0 Å². The van der Waals surface area contributed by atoms with Crippen LogP contribution in [0.25, 0.3) is 5.82 Å². The summed E-state index contributed by atoms with van der Waals surface area (Å²) >= 11 is 0. The van der Waals surface area contributed by atoms with Crippen molar-refractivity contribution in [1.82, 2.24) is 24.8 Å². The zero-order valence-electron chi connectivity index (χ0n) is 15.8. The van der Waals surface area contributed by atoms with E-state index in [2.05, 4.69) is 21.4 Å². The number of rotatable bonds is 6. The van der Waals surface area contributed by atoms with Gasteiger partial charge in [0.25, 0.3) is 0 Å². The highest BCUT2D eigenvalue weighted by Crippen LogP contribution is 2.15. The molecule has 7 nitrogen and oxygen atoms in total. The van der Waals surface area contributed by atoms with Gasteiger partial charge in [0, 0.05) is 64.1 Å². The number of urea groups is 1. The van der Waals surface area contributed by atoms with E-state index in [-0.39, 0.29) is 6.03 Å². The van der Waals surface area contributed by atoms with Crippen molar-refractivity contribution in [2.45, 2.75) is 13.1 Å². The van der Waals surface area contributed by atoms with Gasteiger partial charge in [0.2, 0.25) is 0 Å². The standard InChI is InChI=1S/C20H24N6O/c1-24(2)18-8-4-6-16(12-18)14-25(3)20(27)23-13-17-7-5-9-22-19(17)26-11-10-21-15-26/h4-12,15H,13-14H2,1-3H3,(H,23,27). The van der Waals surface area contributed by atoms with Crippen molar-refractivity contribution in [3.05, 3.63) is 72.4 Å². The van der Waals surface area contributed by atoms with Crippen LogP contribution in [0, 0.1) is 0 Å². The number of benzene rings is 1. The van der Waals surface area contributed by atoms with E-state index >= 15 is 0 Å². The van der Waals surface area contributed by atoms with Gasteiger partial charge in [-0.3, -0.25) is 4.57 Å². The second-order valence-corrected chi connectivity index (χ2v) is 6.54. The van der Waals surface area contributed by atoms with Crippen LogP contribution in [0.15, 0.2) is 61.3 Å².